The number of rotatable bonds is 5. The normalized spacial score (nSPS) is 21.4. The van der Waals surface area contributed by atoms with Crippen LogP contribution in [0.15, 0.2) is 36.5 Å². The molecule has 4 rings (SSSR count). The first-order chi connectivity index (χ1) is 13.2. The molecule has 3 heterocycles. The second-order valence-electron chi connectivity index (χ2n) is 7.40. The zero-order valence-corrected chi connectivity index (χ0v) is 15.3. The zero-order valence-electron chi connectivity index (χ0n) is 15.3. The first-order valence-electron chi connectivity index (χ1n) is 9.60. The van der Waals surface area contributed by atoms with Crippen LogP contribution in [0.2, 0.25) is 0 Å². The highest BCUT2D eigenvalue weighted by molar-refractivity contribution is 5.92. The lowest BCUT2D eigenvalue weighted by molar-refractivity contribution is 0.0898. The SMILES string of the molecule is O=C(NC1CCN(CC2CCOC2)CC1)c1ccn(-c2cccc(F)c2)n1. The summed E-state index contributed by atoms with van der Waals surface area (Å²) >= 11 is 0. The van der Waals surface area contributed by atoms with Crippen molar-refractivity contribution in [1.82, 2.24) is 20.0 Å². The molecule has 1 amide bonds. The average molecular weight is 372 g/mol. The van der Waals surface area contributed by atoms with Gasteiger partial charge in [0.2, 0.25) is 0 Å². The summed E-state index contributed by atoms with van der Waals surface area (Å²) in [6.45, 7) is 4.86. The molecule has 27 heavy (non-hydrogen) atoms. The number of likely N-dealkylation sites (tertiary alicyclic amines) is 1. The van der Waals surface area contributed by atoms with Crippen molar-refractivity contribution in [1.29, 1.82) is 0 Å². The predicted molar refractivity (Wildman–Crippen MR) is 99.4 cm³/mol. The third-order valence-electron chi connectivity index (χ3n) is 5.36. The van der Waals surface area contributed by atoms with E-state index in [0.29, 0.717) is 17.3 Å². The molecule has 6 nitrogen and oxygen atoms in total. The van der Waals surface area contributed by atoms with Crippen LogP contribution in [0.5, 0.6) is 0 Å². The summed E-state index contributed by atoms with van der Waals surface area (Å²) in [4.78, 5) is 15.0. The molecule has 7 heteroatoms. The van der Waals surface area contributed by atoms with Gasteiger partial charge in [-0.2, -0.15) is 5.10 Å². The van der Waals surface area contributed by atoms with E-state index in [0.717, 1.165) is 52.1 Å². The molecule has 1 unspecified atom stereocenters. The van der Waals surface area contributed by atoms with Gasteiger partial charge in [-0.25, -0.2) is 9.07 Å². The Bertz CT molecular complexity index is 780. The topological polar surface area (TPSA) is 59.4 Å². The minimum Gasteiger partial charge on any atom is -0.381 e. The standard InChI is InChI=1S/C20H25FN4O2/c21-16-2-1-3-18(12-16)25-10-6-19(23-25)20(26)22-17-4-8-24(9-5-17)13-15-7-11-27-14-15/h1-3,6,10,12,15,17H,4-5,7-9,11,13-14H2,(H,22,26). The molecule has 2 aliphatic heterocycles. The van der Waals surface area contributed by atoms with Gasteiger partial charge in [0.05, 0.1) is 12.3 Å². The van der Waals surface area contributed by atoms with Crippen molar-refractivity contribution < 1.29 is 13.9 Å². The van der Waals surface area contributed by atoms with E-state index in [9.17, 15) is 9.18 Å². The van der Waals surface area contributed by atoms with E-state index in [1.807, 2.05) is 0 Å². The molecule has 2 aliphatic rings. The Labute approximate surface area is 158 Å². The minimum absolute atomic E-state index is 0.173. The predicted octanol–water partition coefficient (Wildman–Crippen LogP) is 2.24. The molecule has 1 atom stereocenters. The molecular weight excluding hydrogens is 347 g/mol. The number of hydrogen-bond donors (Lipinski definition) is 1. The fraction of sp³-hybridized carbons (Fsp3) is 0.500. The largest absolute Gasteiger partial charge is 0.381 e. The smallest absolute Gasteiger partial charge is 0.272 e. The molecule has 1 aromatic carbocycles. The lowest BCUT2D eigenvalue weighted by Crippen LogP contribution is -2.46. The van der Waals surface area contributed by atoms with Crippen molar-refractivity contribution in [3.8, 4) is 5.69 Å². The van der Waals surface area contributed by atoms with Crippen LogP contribution in [0, 0.1) is 11.7 Å². The lowest BCUT2D eigenvalue weighted by Gasteiger charge is -2.33. The summed E-state index contributed by atoms with van der Waals surface area (Å²) < 4.78 is 20.3. The van der Waals surface area contributed by atoms with Crippen LogP contribution in [0.4, 0.5) is 4.39 Å². The first kappa shape index (κ1) is 18.1. The number of nitrogens with one attached hydrogen (secondary N) is 1. The number of nitrogens with zero attached hydrogens (tertiary/aromatic N) is 3. The van der Waals surface area contributed by atoms with Crippen LogP contribution in [-0.4, -0.2) is 59.5 Å². The van der Waals surface area contributed by atoms with Gasteiger partial charge in [-0.15, -0.1) is 0 Å². The van der Waals surface area contributed by atoms with E-state index in [4.69, 9.17) is 4.74 Å². The second kappa shape index (κ2) is 8.19. The highest BCUT2D eigenvalue weighted by Gasteiger charge is 2.25. The number of benzene rings is 1. The zero-order chi connectivity index (χ0) is 18.6. The minimum atomic E-state index is -0.329. The van der Waals surface area contributed by atoms with Crippen molar-refractivity contribution in [3.63, 3.8) is 0 Å². The number of halogens is 1. The molecule has 1 N–H and O–H groups in total. The Morgan fingerprint density at radius 3 is 2.85 bits per heavy atom. The Morgan fingerprint density at radius 2 is 2.11 bits per heavy atom. The summed E-state index contributed by atoms with van der Waals surface area (Å²) in [5.74, 6) is 0.153. The van der Waals surface area contributed by atoms with E-state index in [2.05, 4.69) is 15.3 Å². The van der Waals surface area contributed by atoms with Gasteiger partial charge in [0.1, 0.15) is 5.82 Å². The van der Waals surface area contributed by atoms with Gasteiger partial charge < -0.3 is 15.0 Å². The van der Waals surface area contributed by atoms with Crippen LogP contribution >= 0.6 is 0 Å². The third-order valence-corrected chi connectivity index (χ3v) is 5.36. The summed E-state index contributed by atoms with van der Waals surface area (Å²) in [7, 11) is 0. The maximum atomic E-state index is 13.4. The second-order valence-corrected chi connectivity index (χ2v) is 7.40. The molecular formula is C20H25FN4O2. The highest BCUT2D eigenvalue weighted by atomic mass is 19.1. The fourth-order valence-electron chi connectivity index (χ4n) is 3.82. The number of carbonyl (C=O) groups excluding carboxylic acids is 1. The number of ether oxygens (including phenoxy) is 1. The van der Waals surface area contributed by atoms with Crippen LogP contribution in [0.1, 0.15) is 29.8 Å². The van der Waals surface area contributed by atoms with Crippen molar-refractivity contribution in [2.24, 2.45) is 5.92 Å². The number of piperidine rings is 1. The number of aromatic nitrogens is 2. The van der Waals surface area contributed by atoms with Crippen LogP contribution < -0.4 is 5.32 Å². The van der Waals surface area contributed by atoms with Crippen molar-refractivity contribution in [2.45, 2.75) is 25.3 Å². The van der Waals surface area contributed by atoms with E-state index >= 15 is 0 Å². The summed E-state index contributed by atoms with van der Waals surface area (Å²) in [5, 5.41) is 7.37. The Balaban J connectivity index is 1.28. The lowest BCUT2D eigenvalue weighted by atomic mass is 10.0. The Kier molecular flexibility index (Phi) is 5.50. The third kappa shape index (κ3) is 4.54. The highest BCUT2D eigenvalue weighted by Crippen LogP contribution is 2.18. The van der Waals surface area contributed by atoms with Crippen molar-refractivity contribution in [2.75, 3.05) is 32.8 Å². The molecule has 0 spiro atoms. The molecule has 144 valence electrons. The van der Waals surface area contributed by atoms with Gasteiger partial charge in [-0.3, -0.25) is 4.79 Å². The Morgan fingerprint density at radius 1 is 1.26 bits per heavy atom. The van der Waals surface area contributed by atoms with E-state index < -0.39 is 0 Å². The van der Waals surface area contributed by atoms with E-state index in [-0.39, 0.29) is 17.8 Å². The Hall–Kier alpha value is -2.25. The van der Waals surface area contributed by atoms with Gasteiger partial charge in [0.25, 0.3) is 5.91 Å². The molecule has 2 fully saturated rings. The molecule has 0 bridgehead atoms. The van der Waals surface area contributed by atoms with Crippen molar-refractivity contribution >= 4 is 5.91 Å². The summed E-state index contributed by atoms with van der Waals surface area (Å²) in [6.07, 6.45) is 4.73. The van der Waals surface area contributed by atoms with Crippen LogP contribution in [0.25, 0.3) is 5.69 Å². The van der Waals surface area contributed by atoms with E-state index in [1.165, 1.54) is 16.8 Å². The fourth-order valence-corrected chi connectivity index (χ4v) is 3.82. The van der Waals surface area contributed by atoms with Gasteiger partial charge in [-0.05, 0) is 49.4 Å². The molecule has 0 saturated carbocycles. The van der Waals surface area contributed by atoms with Gasteiger partial charge >= 0.3 is 0 Å². The van der Waals surface area contributed by atoms with Gasteiger partial charge in [-0.1, -0.05) is 6.07 Å². The number of carbonyl (C=O) groups is 1. The number of amides is 1. The quantitative estimate of drug-likeness (QED) is 0.875. The summed E-state index contributed by atoms with van der Waals surface area (Å²) in [6, 6.07) is 7.98. The van der Waals surface area contributed by atoms with Crippen LogP contribution in [0.3, 0.4) is 0 Å². The molecule has 0 radical (unpaired) electrons. The maximum Gasteiger partial charge on any atom is 0.272 e. The van der Waals surface area contributed by atoms with Gasteiger partial charge in [0.15, 0.2) is 5.69 Å². The van der Waals surface area contributed by atoms with Crippen molar-refractivity contribution in [3.05, 3.63) is 48.0 Å². The molecule has 2 saturated heterocycles. The van der Waals surface area contributed by atoms with Gasteiger partial charge in [0, 0.05) is 38.5 Å². The molecule has 0 aliphatic carbocycles. The number of hydrogen-bond acceptors (Lipinski definition) is 4. The van der Waals surface area contributed by atoms with E-state index in [1.54, 1.807) is 24.4 Å². The first-order valence-corrected chi connectivity index (χ1v) is 9.60. The monoisotopic (exact) mass is 372 g/mol. The maximum absolute atomic E-state index is 13.4. The molecule has 2 aromatic rings. The average Bonchev–Trinajstić information content (AvgIpc) is 3.35. The summed E-state index contributed by atoms with van der Waals surface area (Å²) in [5.41, 5.74) is 0.947. The van der Waals surface area contributed by atoms with Crippen LogP contribution in [-0.2, 0) is 4.74 Å². The molecule has 1 aromatic heterocycles.